The summed E-state index contributed by atoms with van der Waals surface area (Å²) >= 11 is 0. The SMILES string of the molecule is CN(C)CCCN(C)C(=O)CC1(Cc2ccccc2)C(=O)N(C)c2ccccc21. The molecule has 1 aliphatic rings. The monoisotopic (exact) mass is 393 g/mol. The van der Waals surface area contributed by atoms with Gasteiger partial charge in [-0.2, -0.15) is 0 Å². The lowest BCUT2D eigenvalue weighted by molar-refractivity contribution is -0.135. The smallest absolute Gasteiger partial charge is 0.238 e. The number of nitrogens with zero attached hydrogens (tertiary/aromatic N) is 3. The highest BCUT2D eigenvalue weighted by Crippen LogP contribution is 2.45. The van der Waals surface area contributed by atoms with Crippen molar-refractivity contribution < 1.29 is 9.59 Å². The number of hydrogen-bond donors (Lipinski definition) is 0. The molecular formula is C24H31N3O2. The lowest BCUT2D eigenvalue weighted by Gasteiger charge is -2.30. The van der Waals surface area contributed by atoms with E-state index in [1.54, 1.807) is 16.8 Å². The summed E-state index contributed by atoms with van der Waals surface area (Å²) in [5, 5.41) is 0. The van der Waals surface area contributed by atoms with Gasteiger partial charge in [-0.3, -0.25) is 9.59 Å². The lowest BCUT2D eigenvalue weighted by Crippen LogP contribution is -2.45. The van der Waals surface area contributed by atoms with Crippen molar-refractivity contribution in [3.63, 3.8) is 0 Å². The highest BCUT2D eigenvalue weighted by atomic mass is 16.2. The highest BCUT2D eigenvalue weighted by molar-refractivity contribution is 6.09. The van der Waals surface area contributed by atoms with Gasteiger partial charge in [0.25, 0.3) is 0 Å². The number of amides is 2. The van der Waals surface area contributed by atoms with Crippen molar-refractivity contribution in [3.05, 3.63) is 65.7 Å². The molecule has 0 fully saturated rings. The summed E-state index contributed by atoms with van der Waals surface area (Å²) in [5.74, 6) is 0.00994. The molecule has 2 amide bonds. The average Bonchev–Trinajstić information content (AvgIpc) is 2.91. The molecule has 5 nitrogen and oxygen atoms in total. The van der Waals surface area contributed by atoms with Gasteiger partial charge >= 0.3 is 0 Å². The maximum absolute atomic E-state index is 13.5. The van der Waals surface area contributed by atoms with Crippen molar-refractivity contribution in [2.45, 2.75) is 24.7 Å². The normalized spacial score (nSPS) is 18.2. The van der Waals surface area contributed by atoms with E-state index in [0.29, 0.717) is 13.0 Å². The third kappa shape index (κ3) is 4.35. The van der Waals surface area contributed by atoms with Crippen molar-refractivity contribution in [3.8, 4) is 0 Å². The van der Waals surface area contributed by atoms with Gasteiger partial charge < -0.3 is 14.7 Å². The average molecular weight is 394 g/mol. The number of carbonyl (C=O) groups excluding carboxylic acids is 2. The van der Waals surface area contributed by atoms with E-state index < -0.39 is 5.41 Å². The van der Waals surface area contributed by atoms with Crippen LogP contribution in [0.4, 0.5) is 5.69 Å². The van der Waals surface area contributed by atoms with Gasteiger partial charge in [0.1, 0.15) is 0 Å². The fraction of sp³-hybridized carbons (Fsp3) is 0.417. The number of rotatable bonds is 8. The Balaban J connectivity index is 1.91. The van der Waals surface area contributed by atoms with Gasteiger partial charge in [0.2, 0.25) is 11.8 Å². The second-order valence-electron chi connectivity index (χ2n) is 8.27. The first-order valence-electron chi connectivity index (χ1n) is 10.2. The Labute approximate surface area is 173 Å². The number of benzene rings is 2. The number of hydrogen-bond acceptors (Lipinski definition) is 3. The molecule has 0 saturated carbocycles. The fourth-order valence-electron chi connectivity index (χ4n) is 4.21. The molecule has 0 spiro atoms. The van der Waals surface area contributed by atoms with Crippen LogP contribution in [0.25, 0.3) is 0 Å². The van der Waals surface area contributed by atoms with Gasteiger partial charge in [-0.1, -0.05) is 48.5 Å². The Morgan fingerprint density at radius 1 is 0.966 bits per heavy atom. The Hall–Kier alpha value is -2.66. The van der Waals surface area contributed by atoms with Crippen LogP contribution in [0.2, 0.25) is 0 Å². The number of likely N-dealkylation sites (N-methyl/N-ethyl adjacent to an activating group) is 1. The molecule has 1 unspecified atom stereocenters. The molecule has 0 N–H and O–H groups in total. The van der Waals surface area contributed by atoms with Gasteiger partial charge in [-0.15, -0.1) is 0 Å². The summed E-state index contributed by atoms with van der Waals surface area (Å²) in [7, 11) is 7.70. The van der Waals surface area contributed by atoms with E-state index in [9.17, 15) is 9.59 Å². The Bertz CT molecular complexity index is 865. The molecule has 154 valence electrons. The van der Waals surface area contributed by atoms with Crippen LogP contribution in [-0.4, -0.2) is 62.9 Å². The summed E-state index contributed by atoms with van der Waals surface area (Å²) in [6.07, 6.45) is 1.61. The number of fused-ring (bicyclic) bond motifs is 1. The Morgan fingerprint density at radius 3 is 2.31 bits per heavy atom. The summed E-state index contributed by atoms with van der Waals surface area (Å²) in [5.41, 5.74) is 2.05. The summed E-state index contributed by atoms with van der Waals surface area (Å²) < 4.78 is 0. The van der Waals surface area contributed by atoms with Crippen LogP contribution in [0.1, 0.15) is 24.0 Å². The molecule has 2 aromatic carbocycles. The van der Waals surface area contributed by atoms with Crippen molar-refractivity contribution in [2.24, 2.45) is 0 Å². The fourth-order valence-corrected chi connectivity index (χ4v) is 4.21. The zero-order chi connectivity index (χ0) is 21.0. The lowest BCUT2D eigenvalue weighted by atomic mass is 9.73. The topological polar surface area (TPSA) is 43.9 Å². The van der Waals surface area contributed by atoms with Crippen LogP contribution in [0.5, 0.6) is 0 Å². The molecule has 3 rings (SSSR count). The second-order valence-corrected chi connectivity index (χ2v) is 8.27. The minimum Gasteiger partial charge on any atom is -0.346 e. The van der Waals surface area contributed by atoms with E-state index in [4.69, 9.17) is 0 Å². The number of para-hydroxylation sites is 1. The molecule has 0 radical (unpaired) electrons. The van der Waals surface area contributed by atoms with Crippen LogP contribution in [0.15, 0.2) is 54.6 Å². The van der Waals surface area contributed by atoms with E-state index in [2.05, 4.69) is 4.90 Å². The van der Waals surface area contributed by atoms with E-state index in [-0.39, 0.29) is 18.2 Å². The van der Waals surface area contributed by atoms with Gasteiger partial charge in [-0.05, 0) is 50.7 Å². The van der Waals surface area contributed by atoms with Gasteiger partial charge in [-0.25, -0.2) is 0 Å². The van der Waals surface area contributed by atoms with Crippen molar-refractivity contribution in [1.82, 2.24) is 9.80 Å². The molecule has 1 aliphatic heterocycles. The zero-order valence-corrected chi connectivity index (χ0v) is 17.9. The van der Waals surface area contributed by atoms with Gasteiger partial charge in [0, 0.05) is 32.7 Å². The molecule has 0 aliphatic carbocycles. The van der Waals surface area contributed by atoms with E-state index in [1.165, 1.54) is 0 Å². The number of carbonyl (C=O) groups is 2. The molecule has 0 bridgehead atoms. The minimum absolute atomic E-state index is 0.00223. The molecule has 5 heteroatoms. The Morgan fingerprint density at radius 2 is 1.62 bits per heavy atom. The van der Waals surface area contributed by atoms with Crippen molar-refractivity contribution in [2.75, 3.05) is 46.2 Å². The summed E-state index contributed by atoms with van der Waals surface area (Å²) in [6, 6.07) is 17.8. The Kier molecular flexibility index (Phi) is 6.38. The third-order valence-electron chi connectivity index (χ3n) is 5.82. The summed E-state index contributed by atoms with van der Waals surface area (Å²) in [6.45, 7) is 1.61. The molecule has 1 atom stereocenters. The quantitative estimate of drug-likeness (QED) is 0.693. The zero-order valence-electron chi connectivity index (χ0n) is 17.9. The maximum atomic E-state index is 13.5. The molecular weight excluding hydrogens is 362 g/mol. The van der Waals surface area contributed by atoms with E-state index in [1.807, 2.05) is 75.7 Å². The second kappa shape index (κ2) is 8.78. The van der Waals surface area contributed by atoms with Crippen LogP contribution in [0.3, 0.4) is 0 Å². The molecule has 29 heavy (non-hydrogen) atoms. The number of anilines is 1. The maximum Gasteiger partial charge on any atom is 0.238 e. The minimum atomic E-state index is -0.862. The predicted octanol–water partition coefficient (Wildman–Crippen LogP) is 2.94. The standard InChI is InChI=1S/C24H31N3O2/c1-25(2)15-10-16-26(3)22(28)18-24(17-19-11-6-5-7-12-19)20-13-8-9-14-21(20)27(4)23(24)29/h5-9,11-14H,10,15-18H2,1-4H3. The first-order valence-corrected chi connectivity index (χ1v) is 10.2. The van der Waals surface area contributed by atoms with Crippen molar-refractivity contribution in [1.29, 1.82) is 0 Å². The van der Waals surface area contributed by atoms with Gasteiger partial charge in [0.05, 0.1) is 5.41 Å². The first kappa shape index (κ1) is 21.1. The molecule has 0 aromatic heterocycles. The van der Waals surface area contributed by atoms with E-state index >= 15 is 0 Å². The first-order chi connectivity index (χ1) is 13.8. The van der Waals surface area contributed by atoms with Crippen LogP contribution >= 0.6 is 0 Å². The van der Waals surface area contributed by atoms with E-state index in [0.717, 1.165) is 29.8 Å². The highest BCUT2D eigenvalue weighted by Gasteiger charge is 2.51. The van der Waals surface area contributed by atoms with Crippen LogP contribution < -0.4 is 4.90 Å². The van der Waals surface area contributed by atoms with Crippen molar-refractivity contribution >= 4 is 17.5 Å². The molecule has 1 heterocycles. The predicted molar refractivity (Wildman–Crippen MR) is 117 cm³/mol. The van der Waals surface area contributed by atoms with Crippen LogP contribution in [-0.2, 0) is 21.4 Å². The molecule has 2 aromatic rings. The largest absolute Gasteiger partial charge is 0.346 e. The van der Waals surface area contributed by atoms with Gasteiger partial charge in [0.15, 0.2) is 0 Å². The van der Waals surface area contributed by atoms with Crippen LogP contribution in [0, 0.1) is 0 Å². The third-order valence-corrected chi connectivity index (χ3v) is 5.82. The summed E-state index contributed by atoms with van der Waals surface area (Å²) in [4.78, 5) is 32.3. The molecule has 0 saturated heterocycles.